The molecule has 4 aromatic carbocycles. The Morgan fingerprint density at radius 1 is 0.730 bits per heavy atom. The standard InChI is InChI=1S/C30H26N4O2S/c35-29(34(25-15-7-2-8-16-25)26-17-9-3-10-18-26)23-37-30-32-31-28(22-36-27-19-11-4-12-20-27)33(30)21-24-13-5-1-6-14-24/h1-20H,21-23H2. The molecule has 1 amide bonds. The first-order valence-electron chi connectivity index (χ1n) is 12.0. The van der Waals surface area contributed by atoms with Crippen LogP contribution >= 0.6 is 11.8 Å². The second-order valence-electron chi connectivity index (χ2n) is 8.26. The van der Waals surface area contributed by atoms with Crippen molar-refractivity contribution < 1.29 is 9.53 Å². The molecule has 5 rings (SSSR count). The fourth-order valence-electron chi connectivity index (χ4n) is 3.90. The molecule has 0 bridgehead atoms. The largest absolute Gasteiger partial charge is 0.486 e. The van der Waals surface area contributed by atoms with Crippen LogP contribution in [0.2, 0.25) is 0 Å². The number of rotatable bonds is 10. The number of anilines is 2. The van der Waals surface area contributed by atoms with Gasteiger partial charge in [-0.3, -0.25) is 14.3 Å². The first-order chi connectivity index (χ1) is 18.3. The van der Waals surface area contributed by atoms with Gasteiger partial charge in [-0.05, 0) is 42.0 Å². The van der Waals surface area contributed by atoms with Crippen molar-refractivity contribution in [2.24, 2.45) is 0 Å². The van der Waals surface area contributed by atoms with Gasteiger partial charge in [-0.1, -0.05) is 96.7 Å². The van der Waals surface area contributed by atoms with E-state index in [0.29, 0.717) is 17.5 Å². The zero-order valence-corrected chi connectivity index (χ0v) is 21.0. The van der Waals surface area contributed by atoms with E-state index in [4.69, 9.17) is 4.74 Å². The fourth-order valence-corrected chi connectivity index (χ4v) is 4.71. The van der Waals surface area contributed by atoms with Crippen molar-refractivity contribution in [3.05, 3.63) is 133 Å². The van der Waals surface area contributed by atoms with Gasteiger partial charge in [-0.2, -0.15) is 0 Å². The van der Waals surface area contributed by atoms with Crippen molar-refractivity contribution >= 4 is 29.0 Å². The van der Waals surface area contributed by atoms with E-state index >= 15 is 0 Å². The van der Waals surface area contributed by atoms with Crippen molar-refractivity contribution in [3.8, 4) is 5.75 Å². The topological polar surface area (TPSA) is 60.2 Å². The molecule has 0 spiro atoms. The summed E-state index contributed by atoms with van der Waals surface area (Å²) in [6.45, 7) is 0.859. The van der Waals surface area contributed by atoms with E-state index in [-0.39, 0.29) is 18.3 Å². The zero-order valence-electron chi connectivity index (χ0n) is 20.2. The molecule has 1 aromatic heterocycles. The Kier molecular flexibility index (Phi) is 7.93. The summed E-state index contributed by atoms with van der Waals surface area (Å²) >= 11 is 1.38. The highest BCUT2D eigenvalue weighted by Crippen LogP contribution is 2.28. The summed E-state index contributed by atoms with van der Waals surface area (Å²) in [6, 6.07) is 39.1. The number of aromatic nitrogens is 3. The maximum absolute atomic E-state index is 13.5. The summed E-state index contributed by atoms with van der Waals surface area (Å²) in [5.74, 6) is 1.63. The van der Waals surface area contributed by atoms with Gasteiger partial charge in [-0.25, -0.2) is 0 Å². The molecular weight excluding hydrogens is 480 g/mol. The van der Waals surface area contributed by atoms with Gasteiger partial charge in [0.2, 0.25) is 5.91 Å². The molecule has 1 heterocycles. The number of para-hydroxylation sites is 3. The van der Waals surface area contributed by atoms with Crippen LogP contribution in [0.15, 0.2) is 126 Å². The van der Waals surface area contributed by atoms with E-state index in [2.05, 4.69) is 22.3 Å². The normalized spacial score (nSPS) is 10.7. The van der Waals surface area contributed by atoms with Gasteiger partial charge in [0.1, 0.15) is 12.4 Å². The minimum Gasteiger partial charge on any atom is -0.486 e. The summed E-state index contributed by atoms with van der Waals surface area (Å²) in [6.07, 6.45) is 0. The van der Waals surface area contributed by atoms with E-state index in [1.807, 2.05) is 114 Å². The number of thioether (sulfide) groups is 1. The van der Waals surface area contributed by atoms with Gasteiger partial charge in [0.05, 0.1) is 12.3 Å². The minimum atomic E-state index is -0.0428. The van der Waals surface area contributed by atoms with Gasteiger partial charge in [-0.15, -0.1) is 10.2 Å². The second-order valence-corrected chi connectivity index (χ2v) is 9.20. The van der Waals surface area contributed by atoms with Crippen LogP contribution in [0.4, 0.5) is 11.4 Å². The maximum atomic E-state index is 13.5. The van der Waals surface area contributed by atoms with E-state index in [1.54, 1.807) is 4.90 Å². The number of amides is 1. The minimum absolute atomic E-state index is 0.0428. The van der Waals surface area contributed by atoms with Gasteiger partial charge < -0.3 is 4.74 Å². The predicted molar refractivity (Wildman–Crippen MR) is 147 cm³/mol. The van der Waals surface area contributed by atoms with Crippen LogP contribution in [-0.2, 0) is 17.9 Å². The molecule has 5 aromatic rings. The molecule has 0 saturated heterocycles. The Morgan fingerprint density at radius 3 is 1.86 bits per heavy atom. The average molecular weight is 507 g/mol. The quantitative estimate of drug-likeness (QED) is 0.206. The predicted octanol–water partition coefficient (Wildman–Crippen LogP) is 6.36. The molecule has 0 aliphatic rings. The zero-order chi connectivity index (χ0) is 25.3. The lowest BCUT2D eigenvalue weighted by molar-refractivity contribution is -0.115. The molecule has 0 aliphatic carbocycles. The van der Waals surface area contributed by atoms with Crippen molar-refractivity contribution in [1.29, 1.82) is 0 Å². The van der Waals surface area contributed by atoms with Crippen LogP contribution < -0.4 is 9.64 Å². The third-order valence-electron chi connectivity index (χ3n) is 5.69. The Morgan fingerprint density at radius 2 is 1.27 bits per heavy atom. The lowest BCUT2D eigenvalue weighted by atomic mass is 10.2. The molecule has 0 unspecified atom stereocenters. The van der Waals surface area contributed by atoms with Gasteiger partial charge >= 0.3 is 0 Å². The molecule has 0 saturated carbocycles. The molecule has 184 valence electrons. The lowest BCUT2D eigenvalue weighted by Crippen LogP contribution is -2.27. The lowest BCUT2D eigenvalue weighted by Gasteiger charge is -2.23. The van der Waals surface area contributed by atoms with Gasteiger partial charge in [0.25, 0.3) is 0 Å². The number of hydrogen-bond acceptors (Lipinski definition) is 5. The summed E-state index contributed by atoms with van der Waals surface area (Å²) in [7, 11) is 0. The molecule has 0 aliphatic heterocycles. The Hall–Kier alpha value is -4.36. The second kappa shape index (κ2) is 12.1. The van der Waals surface area contributed by atoms with Gasteiger partial charge in [0, 0.05) is 11.4 Å². The molecule has 0 fully saturated rings. The third kappa shape index (κ3) is 6.26. The van der Waals surface area contributed by atoms with Crippen molar-refractivity contribution in [2.45, 2.75) is 18.3 Å². The van der Waals surface area contributed by atoms with Crippen molar-refractivity contribution in [3.63, 3.8) is 0 Å². The molecule has 6 nitrogen and oxygen atoms in total. The van der Waals surface area contributed by atoms with E-state index < -0.39 is 0 Å². The first kappa shape index (κ1) is 24.3. The SMILES string of the molecule is O=C(CSc1nnc(COc2ccccc2)n1Cc1ccccc1)N(c1ccccc1)c1ccccc1. The molecule has 0 radical (unpaired) electrons. The van der Waals surface area contributed by atoms with Crippen LogP contribution in [-0.4, -0.2) is 26.4 Å². The summed E-state index contributed by atoms with van der Waals surface area (Å²) in [4.78, 5) is 15.3. The summed E-state index contributed by atoms with van der Waals surface area (Å²) < 4.78 is 7.97. The number of benzene rings is 4. The number of ether oxygens (including phenoxy) is 1. The Balaban J connectivity index is 1.37. The summed E-state index contributed by atoms with van der Waals surface area (Å²) in [5.41, 5.74) is 2.76. The molecule has 37 heavy (non-hydrogen) atoms. The van der Waals surface area contributed by atoms with Gasteiger partial charge in [0.15, 0.2) is 11.0 Å². The van der Waals surface area contributed by atoms with E-state index in [1.165, 1.54) is 11.8 Å². The summed E-state index contributed by atoms with van der Waals surface area (Å²) in [5, 5.41) is 9.51. The highest BCUT2D eigenvalue weighted by Gasteiger charge is 2.21. The molecule has 0 N–H and O–H groups in total. The van der Waals surface area contributed by atoms with Crippen LogP contribution in [0.1, 0.15) is 11.4 Å². The maximum Gasteiger partial charge on any atom is 0.242 e. The number of hydrogen-bond donors (Lipinski definition) is 0. The Labute approximate surface area is 220 Å². The number of nitrogens with zero attached hydrogens (tertiary/aromatic N) is 4. The van der Waals surface area contributed by atoms with Crippen LogP contribution in [0.3, 0.4) is 0 Å². The van der Waals surface area contributed by atoms with E-state index in [9.17, 15) is 4.79 Å². The van der Waals surface area contributed by atoms with Crippen molar-refractivity contribution in [1.82, 2.24) is 14.8 Å². The number of carbonyl (C=O) groups is 1. The highest BCUT2D eigenvalue weighted by molar-refractivity contribution is 7.99. The third-order valence-corrected chi connectivity index (χ3v) is 6.64. The first-order valence-corrected chi connectivity index (χ1v) is 13.0. The molecular formula is C30H26N4O2S. The fraction of sp³-hybridized carbons (Fsp3) is 0.100. The molecule has 7 heteroatoms. The monoisotopic (exact) mass is 506 g/mol. The van der Waals surface area contributed by atoms with Crippen LogP contribution in [0.25, 0.3) is 0 Å². The average Bonchev–Trinajstić information content (AvgIpc) is 3.34. The highest BCUT2D eigenvalue weighted by atomic mass is 32.2. The smallest absolute Gasteiger partial charge is 0.242 e. The van der Waals surface area contributed by atoms with Crippen molar-refractivity contribution in [2.75, 3.05) is 10.7 Å². The van der Waals surface area contributed by atoms with Crippen LogP contribution in [0, 0.1) is 0 Å². The van der Waals surface area contributed by atoms with E-state index in [0.717, 1.165) is 22.7 Å². The molecule has 0 atom stereocenters. The Bertz CT molecular complexity index is 1370. The van der Waals surface area contributed by atoms with Crippen LogP contribution in [0.5, 0.6) is 5.75 Å². The number of carbonyl (C=O) groups excluding carboxylic acids is 1.